The second kappa shape index (κ2) is 5.77. The minimum atomic E-state index is 0.792. The molecule has 0 amide bonds. The molecule has 1 heteroatoms. The maximum Gasteiger partial charge on any atom is 0.113 e. The van der Waals surface area contributed by atoms with Gasteiger partial charge in [-0.25, -0.2) is 0 Å². The second-order valence-corrected chi connectivity index (χ2v) is 5.70. The number of hydrogen-bond acceptors (Lipinski definition) is 0. The molecule has 0 N–H and O–H groups in total. The molecule has 0 aliphatic heterocycles. The zero-order chi connectivity index (χ0) is 15.6. The quantitative estimate of drug-likeness (QED) is 0.457. The summed E-state index contributed by atoms with van der Waals surface area (Å²) >= 11 is 0. The third kappa shape index (κ3) is 2.55. The van der Waals surface area contributed by atoms with Crippen LogP contribution in [0.25, 0.3) is 33.0 Å². The Balaban J connectivity index is 2.03. The van der Waals surface area contributed by atoms with Gasteiger partial charge in [0.25, 0.3) is 0 Å². The summed E-state index contributed by atoms with van der Waals surface area (Å²) < 4.78 is 0. The van der Waals surface area contributed by atoms with Crippen molar-refractivity contribution < 1.29 is 0 Å². The molecule has 0 heterocycles. The average Bonchev–Trinajstić information content (AvgIpc) is 2.62. The van der Waals surface area contributed by atoms with E-state index >= 15 is 0 Å². The van der Waals surface area contributed by atoms with Crippen molar-refractivity contribution in [2.24, 2.45) is 0 Å². The average molecular weight is 290 g/mol. The predicted molar refractivity (Wildman–Crippen MR) is 100 cm³/mol. The molecule has 23 heavy (non-hydrogen) atoms. The Kier molecular flexibility index (Phi) is 3.47. The molecule has 0 nitrogen and oxygen atoms in total. The molecule has 0 bridgehead atoms. The van der Waals surface area contributed by atoms with Crippen LogP contribution in [0.15, 0.2) is 91.0 Å². The summed E-state index contributed by atoms with van der Waals surface area (Å²) in [7, 11) is 6.06. The van der Waals surface area contributed by atoms with Gasteiger partial charge < -0.3 is 0 Å². The van der Waals surface area contributed by atoms with Crippen LogP contribution in [-0.2, 0) is 0 Å². The lowest BCUT2D eigenvalue weighted by Crippen LogP contribution is -2.01. The first kappa shape index (κ1) is 13.8. The van der Waals surface area contributed by atoms with E-state index in [-0.39, 0.29) is 0 Å². The molecule has 0 spiro atoms. The molecular formula is C22H15B. The highest BCUT2D eigenvalue weighted by atomic mass is 14.1. The maximum absolute atomic E-state index is 6.06. The molecule has 0 aromatic heterocycles. The minimum absolute atomic E-state index is 0.792. The van der Waals surface area contributed by atoms with Crippen molar-refractivity contribution in [1.82, 2.24) is 0 Å². The van der Waals surface area contributed by atoms with Crippen LogP contribution in [0.2, 0.25) is 0 Å². The summed E-state index contributed by atoms with van der Waals surface area (Å²) in [5.74, 6) is 0. The van der Waals surface area contributed by atoms with Crippen LogP contribution in [-0.4, -0.2) is 7.85 Å². The molecule has 0 atom stereocenters. The van der Waals surface area contributed by atoms with Crippen LogP contribution in [0, 0.1) is 0 Å². The van der Waals surface area contributed by atoms with E-state index in [0.717, 1.165) is 5.46 Å². The number of rotatable bonds is 2. The predicted octanol–water partition coefficient (Wildman–Crippen LogP) is 4.97. The smallest absolute Gasteiger partial charge is 0.0960 e. The lowest BCUT2D eigenvalue weighted by atomic mass is 9.87. The summed E-state index contributed by atoms with van der Waals surface area (Å²) in [6.07, 6.45) is 0. The molecule has 0 aliphatic carbocycles. The molecule has 4 aromatic rings. The molecule has 0 saturated heterocycles. The largest absolute Gasteiger partial charge is 0.113 e. The number of hydrogen-bond donors (Lipinski definition) is 0. The molecular weight excluding hydrogens is 275 g/mol. The van der Waals surface area contributed by atoms with Gasteiger partial charge in [-0.05, 0) is 33.0 Å². The topological polar surface area (TPSA) is 0 Å². The summed E-state index contributed by atoms with van der Waals surface area (Å²) in [5.41, 5.74) is 5.68. The first-order valence-electron chi connectivity index (χ1n) is 7.76. The molecule has 0 saturated carbocycles. The standard InChI is InChI=1S/C22H15B/c23-18-11-12-21-19(16-7-3-1-4-8-16)13-14-20(22(21)15-18)17-9-5-2-6-10-17/h1-15H. The molecule has 106 valence electrons. The SMILES string of the molecule is [B]c1ccc2c(-c3ccccc3)ccc(-c3ccccc3)c2c1. The second-order valence-electron chi connectivity index (χ2n) is 5.70. The fourth-order valence-corrected chi connectivity index (χ4v) is 3.10. The Labute approximate surface area is 137 Å². The zero-order valence-corrected chi connectivity index (χ0v) is 12.7. The van der Waals surface area contributed by atoms with Crippen molar-refractivity contribution in [3.05, 3.63) is 91.0 Å². The van der Waals surface area contributed by atoms with E-state index in [4.69, 9.17) is 7.85 Å². The number of benzene rings is 4. The van der Waals surface area contributed by atoms with Crippen LogP contribution >= 0.6 is 0 Å². The van der Waals surface area contributed by atoms with Gasteiger partial charge in [0.15, 0.2) is 0 Å². The van der Waals surface area contributed by atoms with E-state index in [1.165, 1.54) is 33.0 Å². The Morgan fingerprint density at radius 1 is 0.478 bits per heavy atom. The molecule has 0 fully saturated rings. The molecule has 0 unspecified atom stereocenters. The van der Waals surface area contributed by atoms with Crippen molar-refractivity contribution in [3.8, 4) is 22.3 Å². The fourth-order valence-electron chi connectivity index (χ4n) is 3.10. The normalized spacial score (nSPS) is 10.8. The Bertz CT molecular complexity index is 957. The summed E-state index contributed by atoms with van der Waals surface area (Å²) in [6, 6.07) is 31.5. The summed E-state index contributed by atoms with van der Waals surface area (Å²) in [5, 5.41) is 2.42. The van der Waals surface area contributed by atoms with E-state index in [1.807, 2.05) is 18.2 Å². The van der Waals surface area contributed by atoms with Gasteiger partial charge in [-0.3, -0.25) is 0 Å². The molecule has 0 aliphatic rings. The van der Waals surface area contributed by atoms with Crippen molar-refractivity contribution in [1.29, 1.82) is 0 Å². The van der Waals surface area contributed by atoms with E-state index in [9.17, 15) is 0 Å². The van der Waals surface area contributed by atoms with Gasteiger partial charge in [0.1, 0.15) is 7.85 Å². The van der Waals surface area contributed by atoms with Gasteiger partial charge in [-0.1, -0.05) is 96.5 Å². The van der Waals surface area contributed by atoms with Crippen molar-refractivity contribution in [2.45, 2.75) is 0 Å². The first-order chi connectivity index (χ1) is 11.3. The van der Waals surface area contributed by atoms with Crippen LogP contribution in [0.3, 0.4) is 0 Å². The van der Waals surface area contributed by atoms with E-state index in [0.29, 0.717) is 0 Å². The fraction of sp³-hybridized carbons (Fsp3) is 0. The van der Waals surface area contributed by atoms with Crippen LogP contribution in [0.4, 0.5) is 0 Å². The minimum Gasteiger partial charge on any atom is -0.0960 e. The van der Waals surface area contributed by atoms with Crippen LogP contribution in [0.1, 0.15) is 0 Å². The van der Waals surface area contributed by atoms with Crippen molar-refractivity contribution in [3.63, 3.8) is 0 Å². The van der Waals surface area contributed by atoms with Crippen molar-refractivity contribution >= 4 is 24.1 Å². The van der Waals surface area contributed by atoms with E-state index in [2.05, 4.69) is 72.8 Å². The molecule has 4 rings (SSSR count). The van der Waals surface area contributed by atoms with Gasteiger partial charge in [-0.15, -0.1) is 0 Å². The highest BCUT2D eigenvalue weighted by Gasteiger charge is 2.09. The Hall–Kier alpha value is -2.80. The third-order valence-corrected chi connectivity index (χ3v) is 4.21. The van der Waals surface area contributed by atoms with Gasteiger partial charge in [0.05, 0.1) is 0 Å². The Morgan fingerprint density at radius 3 is 1.57 bits per heavy atom. The monoisotopic (exact) mass is 290 g/mol. The summed E-state index contributed by atoms with van der Waals surface area (Å²) in [4.78, 5) is 0. The van der Waals surface area contributed by atoms with Gasteiger partial charge in [-0.2, -0.15) is 0 Å². The van der Waals surface area contributed by atoms with E-state index < -0.39 is 0 Å². The molecule has 4 aromatic carbocycles. The van der Waals surface area contributed by atoms with Crippen LogP contribution < -0.4 is 5.46 Å². The lowest BCUT2D eigenvalue weighted by Gasteiger charge is -2.13. The highest BCUT2D eigenvalue weighted by molar-refractivity contribution is 6.33. The maximum atomic E-state index is 6.06. The third-order valence-electron chi connectivity index (χ3n) is 4.21. The van der Waals surface area contributed by atoms with Gasteiger partial charge in [0, 0.05) is 0 Å². The lowest BCUT2D eigenvalue weighted by molar-refractivity contribution is 1.63. The molecule has 2 radical (unpaired) electrons. The Morgan fingerprint density at radius 2 is 1.00 bits per heavy atom. The highest BCUT2D eigenvalue weighted by Crippen LogP contribution is 2.34. The number of fused-ring (bicyclic) bond motifs is 1. The first-order valence-corrected chi connectivity index (χ1v) is 7.76. The van der Waals surface area contributed by atoms with Gasteiger partial charge >= 0.3 is 0 Å². The van der Waals surface area contributed by atoms with Gasteiger partial charge in [0.2, 0.25) is 0 Å². The summed E-state index contributed by atoms with van der Waals surface area (Å²) in [6.45, 7) is 0. The van der Waals surface area contributed by atoms with Crippen molar-refractivity contribution in [2.75, 3.05) is 0 Å². The van der Waals surface area contributed by atoms with E-state index in [1.54, 1.807) is 0 Å². The van der Waals surface area contributed by atoms with Crippen LogP contribution in [0.5, 0.6) is 0 Å². The zero-order valence-electron chi connectivity index (χ0n) is 12.7.